The van der Waals surface area contributed by atoms with Crippen LogP contribution in [0, 0.1) is 6.92 Å². The molecular weight excluding hydrogens is 505 g/mol. The molecule has 0 saturated heterocycles. The van der Waals surface area contributed by atoms with Crippen LogP contribution in [0.2, 0.25) is 0 Å². The summed E-state index contributed by atoms with van der Waals surface area (Å²) in [5.74, 6) is 0.342. The van der Waals surface area contributed by atoms with Gasteiger partial charge in [-0.25, -0.2) is 9.67 Å². The smallest absolute Gasteiger partial charge is 0.261 e. The lowest BCUT2D eigenvalue weighted by atomic mass is 10.0. The van der Waals surface area contributed by atoms with E-state index in [1.54, 1.807) is 10.9 Å². The number of aliphatic imine (C=N–C) groups is 1. The summed E-state index contributed by atoms with van der Waals surface area (Å²) in [6.45, 7) is 3.85. The minimum Gasteiger partial charge on any atom is -0.396 e. The number of hydrogen-bond acceptors (Lipinski definition) is 5. The second-order valence-corrected chi connectivity index (χ2v) is 10.6. The monoisotopic (exact) mass is 527 g/mol. The summed E-state index contributed by atoms with van der Waals surface area (Å²) < 4.78 is 2.02. The van der Waals surface area contributed by atoms with Gasteiger partial charge in [0.15, 0.2) is 5.82 Å². The van der Waals surface area contributed by atoms with Crippen LogP contribution < -0.4 is 11.1 Å². The fourth-order valence-corrected chi connectivity index (χ4v) is 5.65. The van der Waals surface area contributed by atoms with Crippen molar-refractivity contribution in [2.45, 2.75) is 30.2 Å². The molecule has 2 heterocycles. The quantitative estimate of drug-likeness (QED) is 0.397. The van der Waals surface area contributed by atoms with Gasteiger partial charge in [-0.05, 0) is 31.4 Å². The highest BCUT2D eigenvalue weighted by molar-refractivity contribution is 14.2. The Balaban J connectivity index is 1.88. The number of amidine groups is 1. The molecular formula is C20H23ClIN5O2. The van der Waals surface area contributed by atoms with Crippen molar-refractivity contribution in [2.75, 3.05) is 6.61 Å². The molecule has 0 bridgehead atoms. The number of amides is 1. The van der Waals surface area contributed by atoms with Crippen molar-refractivity contribution in [2.24, 2.45) is 10.7 Å². The van der Waals surface area contributed by atoms with E-state index in [1.807, 2.05) is 50.4 Å². The summed E-state index contributed by atoms with van der Waals surface area (Å²) in [6.07, 6.45) is 3.94. The third kappa shape index (κ3) is 5.12. The molecule has 1 aliphatic rings. The van der Waals surface area contributed by atoms with E-state index in [-0.39, 0.29) is 28.3 Å². The van der Waals surface area contributed by atoms with Gasteiger partial charge in [-0.3, -0.25) is 4.79 Å². The number of nitrogens with one attached hydrogen (secondary N) is 1. The number of nitrogens with zero attached hydrogens (tertiary/aromatic N) is 3. The Morgan fingerprint density at radius 3 is 2.76 bits per heavy atom. The molecule has 2 aromatic rings. The van der Waals surface area contributed by atoms with Crippen LogP contribution in [-0.4, -0.2) is 40.7 Å². The Hall–Kier alpha value is -2.04. The molecule has 1 aliphatic heterocycles. The van der Waals surface area contributed by atoms with Crippen molar-refractivity contribution in [3.05, 3.63) is 58.9 Å². The zero-order valence-corrected chi connectivity index (χ0v) is 19.1. The van der Waals surface area contributed by atoms with E-state index in [0.29, 0.717) is 20.8 Å². The van der Waals surface area contributed by atoms with Gasteiger partial charge in [0.05, 0.1) is 17.3 Å². The number of aryl methyl sites for hydroxylation is 1. The van der Waals surface area contributed by atoms with Gasteiger partial charge in [0, 0.05) is 16.7 Å². The number of aliphatic hydroxyl groups is 1. The number of benzene rings is 1. The second kappa shape index (κ2) is 9.64. The molecule has 9 heteroatoms. The predicted molar refractivity (Wildman–Crippen MR) is 125 cm³/mol. The third-order valence-electron chi connectivity index (χ3n) is 4.34. The van der Waals surface area contributed by atoms with E-state index in [4.69, 9.17) is 17.3 Å². The van der Waals surface area contributed by atoms with E-state index >= 15 is 0 Å². The summed E-state index contributed by atoms with van der Waals surface area (Å²) >= 11 is 5.74. The van der Waals surface area contributed by atoms with E-state index in [1.165, 1.54) is 0 Å². The Bertz CT molecular complexity index is 984. The average Bonchev–Trinajstić information content (AvgIpc) is 3.11. The van der Waals surface area contributed by atoms with Gasteiger partial charge in [-0.1, -0.05) is 62.7 Å². The Morgan fingerprint density at radius 2 is 2.14 bits per heavy atom. The van der Waals surface area contributed by atoms with Gasteiger partial charge < -0.3 is 16.2 Å². The summed E-state index contributed by atoms with van der Waals surface area (Å²) in [6, 6.07) is 9.24. The molecule has 0 saturated carbocycles. The van der Waals surface area contributed by atoms with Crippen molar-refractivity contribution in [3.8, 4) is 0 Å². The molecule has 1 aromatic carbocycles. The Kier molecular flexibility index (Phi) is 7.20. The Morgan fingerprint density at radius 1 is 1.41 bits per heavy atom. The zero-order chi connectivity index (χ0) is 21.0. The van der Waals surface area contributed by atoms with Gasteiger partial charge in [-0.2, -0.15) is 5.10 Å². The molecule has 2 atom stereocenters. The first-order valence-electron chi connectivity index (χ1n) is 9.13. The van der Waals surface area contributed by atoms with Crippen LogP contribution in [0.15, 0.2) is 52.8 Å². The van der Waals surface area contributed by atoms with Gasteiger partial charge in [0.1, 0.15) is 9.34 Å². The number of carbonyl (C=O) groups is 1. The van der Waals surface area contributed by atoms with E-state index in [0.717, 1.165) is 11.1 Å². The SMILES string of the molecule is Cc1cnn(C2=C(Cl)C(C)I=C(C(=O)N[C@H](CCO)c3ccccc3)C(N)=N2)c1. The van der Waals surface area contributed by atoms with Crippen LogP contribution in [0.25, 0.3) is 5.82 Å². The number of allylic oxidation sites excluding steroid dienone is 1. The molecule has 1 amide bonds. The lowest BCUT2D eigenvalue weighted by Crippen LogP contribution is -2.40. The maximum absolute atomic E-state index is 13.1. The van der Waals surface area contributed by atoms with Crippen molar-refractivity contribution >= 4 is 53.4 Å². The molecule has 154 valence electrons. The number of rotatable bonds is 6. The first-order valence-corrected chi connectivity index (χ1v) is 11.8. The number of alkyl halides is 1. The van der Waals surface area contributed by atoms with Gasteiger partial charge >= 0.3 is 0 Å². The summed E-state index contributed by atoms with van der Waals surface area (Å²) in [5, 5.41) is 17.2. The highest BCUT2D eigenvalue weighted by Crippen LogP contribution is 2.31. The van der Waals surface area contributed by atoms with E-state index in [9.17, 15) is 9.90 Å². The number of hydrogen-bond donors (Lipinski definition) is 3. The van der Waals surface area contributed by atoms with Gasteiger partial charge in [-0.15, -0.1) is 0 Å². The normalized spacial score (nSPS) is 18.3. The molecule has 0 aliphatic carbocycles. The molecule has 1 aromatic heterocycles. The van der Waals surface area contributed by atoms with E-state index in [2.05, 4.69) is 15.4 Å². The average molecular weight is 528 g/mol. The topological polar surface area (TPSA) is 106 Å². The molecule has 4 N–H and O–H groups in total. The van der Waals surface area contributed by atoms with Crippen LogP contribution in [-0.2, 0) is 4.79 Å². The zero-order valence-electron chi connectivity index (χ0n) is 16.1. The maximum atomic E-state index is 13.1. The third-order valence-corrected chi connectivity index (χ3v) is 8.43. The van der Waals surface area contributed by atoms with Crippen LogP contribution >= 0.6 is 32.3 Å². The summed E-state index contributed by atoms with van der Waals surface area (Å²) in [5.41, 5.74) is 8.12. The highest BCUT2D eigenvalue weighted by Gasteiger charge is 2.26. The molecule has 3 rings (SSSR count). The summed E-state index contributed by atoms with van der Waals surface area (Å²) in [4.78, 5) is 17.5. The van der Waals surface area contributed by atoms with Crippen molar-refractivity contribution < 1.29 is 9.90 Å². The number of nitrogens with two attached hydrogens (primary N) is 1. The number of carbonyl (C=O) groups excluding carboxylic acids is 1. The van der Waals surface area contributed by atoms with Crippen LogP contribution in [0.3, 0.4) is 0 Å². The lowest BCUT2D eigenvalue weighted by Gasteiger charge is -2.19. The fourth-order valence-electron chi connectivity index (χ4n) is 2.88. The highest BCUT2D eigenvalue weighted by atomic mass is 127. The second-order valence-electron chi connectivity index (χ2n) is 6.62. The number of halogens is 2. The molecule has 7 nitrogen and oxygen atoms in total. The number of aromatic nitrogens is 2. The maximum Gasteiger partial charge on any atom is 0.261 e. The van der Waals surface area contributed by atoms with Crippen molar-refractivity contribution in [1.82, 2.24) is 15.1 Å². The fraction of sp³-hybridized carbons (Fsp3) is 0.300. The molecule has 0 spiro atoms. The van der Waals surface area contributed by atoms with Crippen molar-refractivity contribution in [1.29, 1.82) is 0 Å². The van der Waals surface area contributed by atoms with Gasteiger partial charge in [0.25, 0.3) is 5.91 Å². The van der Waals surface area contributed by atoms with Crippen molar-refractivity contribution in [3.63, 3.8) is 0 Å². The van der Waals surface area contributed by atoms with Crippen LogP contribution in [0.4, 0.5) is 0 Å². The largest absolute Gasteiger partial charge is 0.396 e. The van der Waals surface area contributed by atoms with Crippen LogP contribution in [0.5, 0.6) is 0 Å². The first-order chi connectivity index (χ1) is 13.9. The minimum atomic E-state index is -0.831. The van der Waals surface area contributed by atoms with Gasteiger partial charge in [0.2, 0.25) is 0 Å². The van der Waals surface area contributed by atoms with Crippen LogP contribution in [0.1, 0.15) is 30.5 Å². The Labute approximate surface area is 184 Å². The number of aliphatic hydroxyl groups excluding tert-OH is 1. The molecule has 29 heavy (non-hydrogen) atoms. The molecule has 0 radical (unpaired) electrons. The summed E-state index contributed by atoms with van der Waals surface area (Å²) in [7, 11) is 0. The standard InChI is InChI=1S/C20H23ClIN5O2/c1-12-10-24-27(11-12)19-16(21)13(2)22-17(18(23)26-19)20(29)25-15(8-9-28)14-6-4-3-5-7-14/h3-7,10-11,13,15,28H,8-9H2,1-2H3,(H2,23,26)(H,25,29)/t13?,15-/m1/s1. The molecule has 1 unspecified atom stereocenters. The first kappa shape index (κ1) is 21.7. The molecule has 0 fully saturated rings. The lowest BCUT2D eigenvalue weighted by molar-refractivity contribution is -0.115. The van der Waals surface area contributed by atoms with E-state index < -0.39 is 20.7 Å². The predicted octanol–water partition coefficient (Wildman–Crippen LogP) is 2.70. The minimum absolute atomic E-state index is 0.0413.